The van der Waals surface area contributed by atoms with E-state index in [-0.39, 0.29) is 5.82 Å². The van der Waals surface area contributed by atoms with Crippen LogP contribution < -0.4 is 5.32 Å². The lowest BCUT2D eigenvalue weighted by Crippen LogP contribution is -2.12. The standard InChI is InChI=1S/C12H12F3N3O/c1-5(10-6(2)18-19-7(10)3)16-12-9(14)4-8(13)11(15)17-12/h4-5H,1-3H3,(H,16,17). The van der Waals surface area contributed by atoms with Gasteiger partial charge >= 0.3 is 0 Å². The van der Waals surface area contributed by atoms with E-state index in [0.29, 0.717) is 17.5 Å². The highest BCUT2D eigenvalue weighted by Crippen LogP contribution is 2.25. The zero-order valence-corrected chi connectivity index (χ0v) is 10.6. The zero-order valence-electron chi connectivity index (χ0n) is 10.6. The number of pyridine rings is 1. The summed E-state index contributed by atoms with van der Waals surface area (Å²) in [5.74, 6) is -3.42. The number of nitrogens with one attached hydrogen (secondary N) is 1. The molecule has 0 aromatic carbocycles. The first-order valence-corrected chi connectivity index (χ1v) is 5.61. The Hall–Kier alpha value is -2.05. The van der Waals surface area contributed by atoms with Gasteiger partial charge in [0.15, 0.2) is 17.5 Å². The molecule has 2 aromatic heterocycles. The maximum atomic E-state index is 13.5. The van der Waals surface area contributed by atoms with Gasteiger partial charge in [-0.1, -0.05) is 5.16 Å². The van der Waals surface area contributed by atoms with Crippen molar-refractivity contribution >= 4 is 5.82 Å². The second kappa shape index (κ2) is 4.91. The van der Waals surface area contributed by atoms with Gasteiger partial charge in [0.2, 0.25) is 0 Å². The quantitative estimate of drug-likeness (QED) is 0.870. The number of anilines is 1. The lowest BCUT2D eigenvalue weighted by molar-refractivity contribution is 0.392. The van der Waals surface area contributed by atoms with E-state index in [9.17, 15) is 13.2 Å². The third kappa shape index (κ3) is 2.54. The molecule has 0 bridgehead atoms. The lowest BCUT2D eigenvalue weighted by Gasteiger charge is -2.14. The summed E-state index contributed by atoms with van der Waals surface area (Å²) < 4.78 is 44.2. The van der Waals surface area contributed by atoms with Crippen molar-refractivity contribution in [2.24, 2.45) is 0 Å². The second-order valence-corrected chi connectivity index (χ2v) is 4.20. The van der Waals surface area contributed by atoms with Crippen molar-refractivity contribution in [3.8, 4) is 0 Å². The molecule has 0 radical (unpaired) electrons. The van der Waals surface area contributed by atoms with Crippen LogP contribution in [0.25, 0.3) is 0 Å². The molecule has 4 nitrogen and oxygen atoms in total. The molecule has 0 aliphatic heterocycles. The molecule has 0 aliphatic carbocycles. The Balaban J connectivity index is 2.29. The molecule has 2 aromatic rings. The fourth-order valence-electron chi connectivity index (χ4n) is 1.93. The maximum absolute atomic E-state index is 13.5. The van der Waals surface area contributed by atoms with E-state index in [0.717, 1.165) is 5.56 Å². The van der Waals surface area contributed by atoms with Crippen LogP contribution in [0.5, 0.6) is 0 Å². The molecule has 1 N–H and O–H groups in total. The number of hydrogen-bond donors (Lipinski definition) is 1. The largest absolute Gasteiger partial charge is 0.361 e. The molecule has 2 heterocycles. The van der Waals surface area contributed by atoms with E-state index in [1.54, 1.807) is 20.8 Å². The summed E-state index contributed by atoms with van der Waals surface area (Å²) in [5.41, 5.74) is 1.37. The van der Waals surface area contributed by atoms with E-state index in [4.69, 9.17) is 4.52 Å². The van der Waals surface area contributed by atoms with E-state index >= 15 is 0 Å². The molecule has 0 saturated carbocycles. The number of hydrogen-bond acceptors (Lipinski definition) is 4. The van der Waals surface area contributed by atoms with Gasteiger partial charge in [-0.3, -0.25) is 0 Å². The van der Waals surface area contributed by atoms with Crippen molar-refractivity contribution in [3.63, 3.8) is 0 Å². The molecule has 7 heteroatoms. The molecular formula is C12H12F3N3O. The first-order valence-electron chi connectivity index (χ1n) is 5.61. The molecule has 0 fully saturated rings. The molecule has 0 amide bonds. The normalized spacial score (nSPS) is 12.5. The Kier molecular flexibility index (Phi) is 3.46. The number of aromatic nitrogens is 2. The molecule has 0 saturated heterocycles. The summed E-state index contributed by atoms with van der Waals surface area (Å²) in [6, 6.07) is 0.0446. The Labute approximate surface area is 107 Å². The van der Waals surface area contributed by atoms with Gasteiger partial charge in [-0.25, -0.2) is 8.78 Å². The second-order valence-electron chi connectivity index (χ2n) is 4.20. The third-order valence-corrected chi connectivity index (χ3v) is 2.76. The molecule has 1 atom stereocenters. The Morgan fingerprint density at radius 3 is 2.47 bits per heavy atom. The van der Waals surface area contributed by atoms with Crippen LogP contribution in [0.2, 0.25) is 0 Å². The topological polar surface area (TPSA) is 51.0 Å². The SMILES string of the molecule is Cc1noc(C)c1C(C)Nc1nc(F)c(F)cc1F. The van der Waals surface area contributed by atoms with Crippen LogP contribution in [0.3, 0.4) is 0 Å². The van der Waals surface area contributed by atoms with Gasteiger partial charge in [0.25, 0.3) is 5.95 Å². The van der Waals surface area contributed by atoms with Gasteiger partial charge in [-0.2, -0.15) is 9.37 Å². The highest BCUT2D eigenvalue weighted by Gasteiger charge is 2.19. The average Bonchev–Trinajstić information content (AvgIpc) is 2.66. The molecule has 0 aliphatic rings. The fourth-order valence-corrected chi connectivity index (χ4v) is 1.93. The first kappa shape index (κ1) is 13.4. The van der Waals surface area contributed by atoms with Gasteiger partial charge in [0.1, 0.15) is 5.76 Å². The van der Waals surface area contributed by atoms with Crippen LogP contribution in [0.15, 0.2) is 10.6 Å². The fraction of sp³-hybridized carbons (Fsp3) is 0.333. The zero-order chi connectivity index (χ0) is 14.2. The van der Waals surface area contributed by atoms with Crippen molar-refractivity contribution in [3.05, 3.63) is 40.7 Å². The Bertz CT molecular complexity index is 593. The maximum Gasteiger partial charge on any atom is 0.251 e. The van der Waals surface area contributed by atoms with Crippen molar-refractivity contribution in [2.45, 2.75) is 26.8 Å². The van der Waals surface area contributed by atoms with Crippen LogP contribution in [-0.2, 0) is 0 Å². The smallest absolute Gasteiger partial charge is 0.251 e. The molecular weight excluding hydrogens is 259 g/mol. The van der Waals surface area contributed by atoms with E-state index < -0.39 is 23.6 Å². The number of halogens is 3. The number of rotatable bonds is 3. The van der Waals surface area contributed by atoms with Crippen LogP contribution in [0.4, 0.5) is 19.0 Å². The van der Waals surface area contributed by atoms with Crippen molar-refractivity contribution in [1.82, 2.24) is 10.1 Å². The molecule has 1 unspecified atom stereocenters. The van der Waals surface area contributed by atoms with Gasteiger partial charge in [-0.15, -0.1) is 0 Å². The van der Waals surface area contributed by atoms with Crippen LogP contribution >= 0.6 is 0 Å². The van der Waals surface area contributed by atoms with Crippen LogP contribution in [0, 0.1) is 31.4 Å². The van der Waals surface area contributed by atoms with E-state index in [1.807, 2.05) is 0 Å². The van der Waals surface area contributed by atoms with E-state index in [1.165, 1.54) is 0 Å². The molecule has 19 heavy (non-hydrogen) atoms. The lowest BCUT2D eigenvalue weighted by atomic mass is 10.1. The summed E-state index contributed by atoms with van der Waals surface area (Å²) in [6.45, 7) is 5.16. The van der Waals surface area contributed by atoms with Crippen molar-refractivity contribution in [1.29, 1.82) is 0 Å². The van der Waals surface area contributed by atoms with Crippen molar-refractivity contribution in [2.75, 3.05) is 5.32 Å². The Morgan fingerprint density at radius 1 is 1.21 bits per heavy atom. The van der Waals surface area contributed by atoms with Gasteiger partial charge in [-0.05, 0) is 20.8 Å². The minimum atomic E-state index is -1.35. The summed E-state index contributed by atoms with van der Waals surface area (Å²) in [7, 11) is 0. The predicted octanol–water partition coefficient (Wildman–Crippen LogP) is 3.28. The van der Waals surface area contributed by atoms with Gasteiger partial charge in [0.05, 0.1) is 11.7 Å². The Morgan fingerprint density at radius 2 is 1.89 bits per heavy atom. The minimum Gasteiger partial charge on any atom is -0.361 e. The number of nitrogens with zero attached hydrogens (tertiary/aromatic N) is 2. The summed E-state index contributed by atoms with van der Waals surface area (Å²) in [5, 5.41) is 6.44. The number of aryl methyl sites for hydroxylation is 2. The highest BCUT2D eigenvalue weighted by atomic mass is 19.2. The molecule has 102 valence electrons. The van der Waals surface area contributed by atoms with Gasteiger partial charge < -0.3 is 9.84 Å². The first-order chi connectivity index (χ1) is 8.90. The van der Waals surface area contributed by atoms with Crippen molar-refractivity contribution < 1.29 is 17.7 Å². The average molecular weight is 271 g/mol. The van der Waals surface area contributed by atoms with Gasteiger partial charge in [0, 0.05) is 11.6 Å². The monoisotopic (exact) mass is 271 g/mol. The third-order valence-electron chi connectivity index (χ3n) is 2.76. The molecule has 2 rings (SSSR count). The van der Waals surface area contributed by atoms with Crippen LogP contribution in [0.1, 0.15) is 30.0 Å². The summed E-state index contributed by atoms with van der Waals surface area (Å²) >= 11 is 0. The predicted molar refractivity (Wildman–Crippen MR) is 62.1 cm³/mol. The molecule has 0 spiro atoms. The van der Waals surface area contributed by atoms with E-state index in [2.05, 4.69) is 15.5 Å². The summed E-state index contributed by atoms with van der Waals surface area (Å²) in [4.78, 5) is 3.20. The van der Waals surface area contributed by atoms with Crippen LogP contribution in [-0.4, -0.2) is 10.1 Å². The summed E-state index contributed by atoms with van der Waals surface area (Å²) in [6.07, 6.45) is 0. The highest BCUT2D eigenvalue weighted by molar-refractivity contribution is 5.41. The minimum absolute atomic E-state index is 0.355.